The van der Waals surface area contributed by atoms with E-state index in [1.165, 1.54) is 10.4 Å². The summed E-state index contributed by atoms with van der Waals surface area (Å²) in [6, 6.07) is 14.5. The van der Waals surface area contributed by atoms with Crippen LogP contribution in [-0.2, 0) is 14.8 Å². The molecule has 0 aromatic heterocycles. The monoisotopic (exact) mass is 414 g/mol. The van der Waals surface area contributed by atoms with Gasteiger partial charge in [0.1, 0.15) is 12.7 Å². The summed E-state index contributed by atoms with van der Waals surface area (Å²) in [6.45, 7) is 1.22. The molecule has 1 saturated heterocycles. The number of para-hydroxylation sites is 2. The minimum atomic E-state index is -3.19. The van der Waals surface area contributed by atoms with E-state index in [1.54, 1.807) is 30.3 Å². The van der Waals surface area contributed by atoms with E-state index in [1.807, 2.05) is 24.3 Å². The largest absolute Gasteiger partial charge is 0.486 e. The maximum absolute atomic E-state index is 12.1. The number of sulfonamides is 1. The van der Waals surface area contributed by atoms with Gasteiger partial charge in [-0.05, 0) is 42.3 Å². The Morgan fingerprint density at radius 2 is 1.90 bits per heavy atom. The number of rotatable bonds is 5. The summed E-state index contributed by atoms with van der Waals surface area (Å²) in [7, 11) is -3.19. The van der Waals surface area contributed by atoms with Crippen LogP contribution in [0, 0.1) is 0 Å². The predicted octanol–water partition coefficient (Wildman–Crippen LogP) is 2.20. The fourth-order valence-corrected chi connectivity index (χ4v) is 4.85. The molecule has 2 aromatic rings. The number of ether oxygens (including phenoxy) is 2. The predicted molar refractivity (Wildman–Crippen MR) is 111 cm³/mol. The smallest absolute Gasteiger partial charge is 0.244 e. The molecule has 0 spiro atoms. The van der Waals surface area contributed by atoms with Gasteiger partial charge in [0.05, 0.1) is 18.0 Å². The van der Waals surface area contributed by atoms with E-state index in [-0.39, 0.29) is 17.8 Å². The van der Waals surface area contributed by atoms with Crippen LogP contribution in [0.2, 0.25) is 0 Å². The van der Waals surface area contributed by atoms with E-state index in [0.29, 0.717) is 43.3 Å². The minimum Gasteiger partial charge on any atom is -0.486 e. The van der Waals surface area contributed by atoms with E-state index >= 15 is 0 Å². The molecule has 0 radical (unpaired) electrons. The van der Waals surface area contributed by atoms with E-state index in [0.717, 1.165) is 5.56 Å². The van der Waals surface area contributed by atoms with Crippen LogP contribution >= 0.6 is 0 Å². The zero-order valence-corrected chi connectivity index (χ0v) is 16.6. The number of hydrogen-bond donors (Lipinski definition) is 1. The zero-order chi connectivity index (χ0) is 20.3. The van der Waals surface area contributed by atoms with Crippen molar-refractivity contribution in [2.75, 3.05) is 29.8 Å². The highest BCUT2D eigenvalue weighted by molar-refractivity contribution is 7.93. The van der Waals surface area contributed by atoms with Crippen molar-refractivity contribution in [2.45, 2.75) is 12.5 Å². The number of carbonyl (C=O) groups is 1. The molecule has 2 aliphatic rings. The molecule has 2 aromatic carbocycles. The number of benzene rings is 2. The first-order valence-electron chi connectivity index (χ1n) is 9.46. The second-order valence-electron chi connectivity index (χ2n) is 6.91. The number of anilines is 1. The third-order valence-corrected chi connectivity index (χ3v) is 6.65. The Balaban J connectivity index is 1.29. The molecule has 1 fully saturated rings. The van der Waals surface area contributed by atoms with E-state index in [4.69, 9.17) is 9.47 Å². The van der Waals surface area contributed by atoms with E-state index in [9.17, 15) is 13.2 Å². The minimum absolute atomic E-state index is 0.191. The Bertz CT molecular complexity index is 1020. The normalized spacial score (nSPS) is 20.0. The van der Waals surface area contributed by atoms with Gasteiger partial charge >= 0.3 is 0 Å². The lowest BCUT2D eigenvalue weighted by Crippen LogP contribution is -2.40. The first kappa shape index (κ1) is 19.3. The number of carbonyl (C=O) groups excluding carboxylic acids is 1. The first-order valence-corrected chi connectivity index (χ1v) is 11.1. The molecule has 152 valence electrons. The standard InChI is InChI=1S/C21H22N2O5S/c24-21(22-14-18-15-27-19-4-1-2-5-20(19)28-18)11-8-16-6-9-17(10-7-16)23-12-3-13-29(23,25)26/h1-2,4-11,18H,3,12-15H2,(H,22,24)/b11-8+/t18-/m0/s1. The molecule has 7 nitrogen and oxygen atoms in total. The molecule has 2 heterocycles. The summed E-state index contributed by atoms with van der Waals surface area (Å²) < 4.78 is 36.8. The van der Waals surface area contributed by atoms with Crippen LogP contribution in [0.5, 0.6) is 11.5 Å². The van der Waals surface area contributed by atoms with Crippen molar-refractivity contribution in [1.82, 2.24) is 5.32 Å². The topological polar surface area (TPSA) is 84.9 Å². The summed E-state index contributed by atoms with van der Waals surface area (Å²) in [6.07, 6.45) is 3.53. The van der Waals surface area contributed by atoms with Gasteiger partial charge in [-0.2, -0.15) is 0 Å². The van der Waals surface area contributed by atoms with Crippen LogP contribution in [0.25, 0.3) is 6.08 Å². The van der Waals surface area contributed by atoms with Crippen LogP contribution in [0.15, 0.2) is 54.6 Å². The Kier molecular flexibility index (Phi) is 5.44. The summed E-state index contributed by atoms with van der Waals surface area (Å²) in [5.41, 5.74) is 1.46. The van der Waals surface area contributed by atoms with E-state index < -0.39 is 10.0 Å². The summed E-state index contributed by atoms with van der Waals surface area (Å²) in [5, 5.41) is 2.80. The van der Waals surface area contributed by atoms with Gasteiger partial charge in [-0.15, -0.1) is 0 Å². The van der Waals surface area contributed by atoms with Crippen LogP contribution in [0.3, 0.4) is 0 Å². The number of hydrogen-bond acceptors (Lipinski definition) is 5. The van der Waals surface area contributed by atoms with Gasteiger partial charge in [-0.1, -0.05) is 24.3 Å². The highest BCUT2D eigenvalue weighted by Gasteiger charge is 2.28. The van der Waals surface area contributed by atoms with E-state index in [2.05, 4.69) is 5.32 Å². The molecule has 0 unspecified atom stereocenters. The highest BCUT2D eigenvalue weighted by atomic mass is 32.2. The van der Waals surface area contributed by atoms with Gasteiger partial charge in [0.15, 0.2) is 11.5 Å². The van der Waals surface area contributed by atoms with Crippen LogP contribution in [0.4, 0.5) is 5.69 Å². The quantitative estimate of drug-likeness (QED) is 0.759. The number of nitrogens with one attached hydrogen (secondary N) is 1. The molecule has 1 atom stereocenters. The molecule has 2 aliphatic heterocycles. The zero-order valence-electron chi connectivity index (χ0n) is 15.8. The second-order valence-corrected chi connectivity index (χ2v) is 8.92. The molecular formula is C21H22N2O5S. The SMILES string of the molecule is O=C(/C=C/c1ccc(N2CCCS2(=O)=O)cc1)NC[C@H]1COc2ccccc2O1. The average molecular weight is 414 g/mol. The van der Waals surface area contributed by atoms with Crippen molar-refractivity contribution in [3.8, 4) is 11.5 Å². The maximum Gasteiger partial charge on any atom is 0.244 e. The van der Waals surface area contributed by atoms with Gasteiger partial charge in [0.2, 0.25) is 15.9 Å². The third kappa shape index (κ3) is 4.54. The Morgan fingerprint density at radius 1 is 1.14 bits per heavy atom. The Labute approximate surface area is 170 Å². The second kappa shape index (κ2) is 8.16. The molecule has 0 bridgehead atoms. The number of amides is 1. The molecule has 29 heavy (non-hydrogen) atoms. The van der Waals surface area contributed by atoms with Gasteiger partial charge in [0, 0.05) is 12.6 Å². The summed E-state index contributed by atoms with van der Waals surface area (Å²) in [5.74, 6) is 1.34. The molecule has 8 heteroatoms. The Hall–Kier alpha value is -3.00. The first-order chi connectivity index (χ1) is 14.0. The number of nitrogens with zero attached hydrogens (tertiary/aromatic N) is 1. The molecule has 0 aliphatic carbocycles. The molecule has 1 amide bonds. The van der Waals surface area contributed by atoms with Crippen molar-refractivity contribution in [2.24, 2.45) is 0 Å². The van der Waals surface area contributed by atoms with Crippen molar-refractivity contribution >= 4 is 27.7 Å². The van der Waals surface area contributed by atoms with Crippen LogP contribution in [-0.4, -0.2) is 45.9 Å². The summed E-state index contributed by atoms with van der Waals surface area (Å²) in [4.78, 5) is 12.1. The molecule has 1 N–H and O–H groups in total. The molecule has 0 saturated carbocycles. The van der Waals surface area contributed by atoms with Crippen molar-refractivity contribution < 1.29 is 22.7 Å². The average Bonchev–Trinajstić information content (AvgIpc) is 3.10. The van der Waals surface area contributed by atoms with Crippen LogP contribution in [0.1, 0.15) is 12.0 Å². The summed E-state index contributed by atoms with van der Waals surface area (Å²) >= 11 is 0. The van der Waals surface area contributed by atoms with Crippen molar-refractivity contribution in [1.29, 1.82) is 0 Å². The van der Waals surface area contributed by atoms with Gasteiger partial charge in [-0.25, -0.2) is 8.42 Å². The van der Waals surface area contributed by atoms with Gasteiger partial charge < -0.3 is 14.8 Å². The highest BCUT2D eigenvalue weighted by Crippen LogP contribution is 2.30. The Morgan fingerprint density at radius 3 is 2.62 bits per heavy atom. The lowest BCUT2D eigenvalue weighted by molar-refractivity contribution is -0.116. The maximum atomic E-state index is 12.1. The fourth-order valence-electron chi connectivity index (χ4n) is 3.29. The lowest BCUT2D eigenvalue weighted by Gasteiger charge is -2.26. The molecule has 4 rings (SSSR count). The number of fused-ring (bicyclic) bond motifs is 1. The fraction of sp³-hybridized carbons (Fsp3) is 0.286. The van der Waals surface area contributed by atoms with Gasteiger partial charge in [-0.3, -0.25) is 9.10 Å². The van der Waals surface area contributed by atoms with Gasteiger partial charge in [0.25, 0.3) is 0 Å². The lowest BCUT2D eigenvalue weighted by atomic mass is 10.2. The third-order valence-electron chi connectivity index (χ3n) is 4.78. The van der Waals surface area contributed by atoms with Crippen molar-refractivity contribution in [3.63, 3.8) is 0 Å². The molecular weight excluding hydrogens is 392 g/mol. The van der Waals surface area contributed by atoms with Crippen LogP contribution < -0.4 is 19.1 Å². The van der Waals surface area contributed by atoms with Crippen molar-refractivity contribution in [3.05, 3.63) is 60.2 Å².